The maximum atomic E-state index is 12.6. The van der Waals surface area contributed by atoms with Crippen LogP contribution >= 0.6 is 0 Å². The van der Waals surface area contributed by atoms with E-state index < -0.39 is 11.7 Å². The lowest BCUT2D eigenvalue weighted by molar-refractivity contribution is -0.914. The minimum atomic E-state index is -4.33. The first-order valence-electron chi connectivity index (χ1n) is 8.71. The van der Waals surface area contributed by atoms with Crippen molar-refractivity contribution in [1.29, 1.82) is 0 Å². The van der Waals surface area contributed by atoms with Gasteiger partial charge in [-0.05, 0) is 18.2 Å². The lowest BCUT2D eigenvalue weighted by Crippen LogP contribution is -3.13. The second-order valence-corrected chi connectivity index (χ2v) is 6.56. The third kappa shape index (κ3) is 4.77. The van der Waals surface area contributed by atoms with E-state index in [-0.39, 0.29) is 5.97 Å². The molecule has 2 aromatic rings. The van der Waals surface area contributed by atoms with E-state index in [2.05, 4.69) is 9.88 Å². The lowest BCUT2D eigenvalue weighted by Gasteiger charge is -2.28. The molecule has 1 saturated heterocycles. The summed E-state index contributed by atoms with van der Waals surface area (Å²) in [6.45, 7) is 4.13. The van der Waals surface area contributed by atoms with Crippen molar-refractivity contribution in [2.75, 3.05) is 38.2 Å². The molecule has 1 fully saturated rings. The monoisotopic (exact) mass is 381 g/mol. The first kappa shape index (κ1) is 19.2. The molecule has 0 spiro atoms. The maximum Gasteiger partial charge on any atom is 0.419 e. The molecule has 2 N–H and O–H groups in total. The summed E-state index contributed by atoms with van der Waals surface area (Å²) in [5.41, 5.74) is 0.983. The summed E-state index contributed by atoms with van der Waals surface area (Å²) >= 11 is 0. The second kappa shape index (κ2) is 7.96. The van der Waals surface area contributed by atoms with Gasteiger partial charge in [-0.25, -0.2) is 9.78 Å². The summed E-state index contributed by atoms with van der Waals surface area (Å²) < 4.78 is 42.6. The Labute approximate surface area is 155 Å². The number of alkyl halides is 3. The summed E-state index contributed by atoms with van der Waals surface area (Å²) in [6.07, 6.45) is -3.32. The van der Waals surface area contributed by atoms with Crippen LogP contribution < -0.4 is 14.8 Å². The fourth-order valence-corrected chi connectivity index (χ4v) is 3.20. The van der Waals surface area contributed by atoms with E-state index in [1.54, 1.807) is 12.1 Å². The number of aromatic amines is 1. The fraction of sp³-hybridized carbons (Fsp3) is 0.368. The Morgan fingerprint density at radius 2 is 1.81 bits per heavy atom. The molecule has 1 aromatic carbocycles. The van der Waals surface area contributed by atoms with Crippen LogP contribution in [0.1, 0.15) is 21.5 Å². The third-order valence-electron chi connectivity index (χ3n) is 4.76. The number of benzene rings is 1. The number of hydrogen-bond acceptors (Lipinski definition) is 3. The number of aromatic nitrogens is 1. The number of nitrogens with zero attached hydrogens (tertiary/aromatic N) is 1. The predicted molar refractivity (Wildman–Crippen MR) is 92.4 cm³/mol. The number of piperazine rings is 1. The molecule has 5 nitrogen and oxygen atoms in total. The number of esters is 1. The van der Waals surface area contributed by atoms with Gasteiger partial charge in [-0.1, -0.05) is 12.1 Å². The Morgan fingerprint density at radius 3 is 2.33 bits per heavy atom. The van der Waals surface area contributed by atoms with E-state index in [0.717, 1.165) is 50.6 Å². The van der Waals surface area contributed by atoms with Crippen LogP contribution in [0.2, 0.25) is 0 Å². The Morgan fingerprint density at radius 1 is 1.15 bits per heavy atom. The molecule has 27 heavy (non-hydrogen) atoms. The van der Waals surface area contributed by atoms with Gasteiger partial charge in [0.15, 0.2) is 0 Å². The molecule has 2 heterocycles. The predicted octanol–water partition coefficient (Wildman–Crippen LogP) is 1.21. The average Bonchev–Trinajstić information content (AvgIpc) is 2.68. The zero-order chi connectivity index (χ0) is 19.4. The second-order valence-electron chi connectivity index (χ2n) is 6.56. The van der Waals surface area contributed by atoms with Crippen LogP contribution in [0.15, 0.2) is 42.6 Å². The Bertz CT molecular complexity index is 768. The molecular formula is C19H22F3N3O2+2. The SMILES string of the molecule is COC(=O)c1ccc(C[NH+]2CCN(c3ccc(C(F)(F)F)c[nH+]3)CC2)cc1. The highest BCUT2D eigenvalue weighted by Crippen LogP contribution is 2.28. The number of hydrogen-bond donors (Lipinski definition) is 1. The number of pyridine rings is 1. The summed E-state index contributed by atoms with van der Waals surface area (Å²) in [6, 6.07) is 9.96. The molecule has 1 aliphatic heterocycles. The van der Waals surface area contributed by atoms with E-state index >= 15 is 0 Å². The van der Waals surface area contributed by atoms with Gasteiger partial charge in [0.05, 0.1) is 18.2 Å². The standard InChI is InChI=1S/C19H20F3N3O2/c1-27-18(26)15-4-2-14(3-5-15)13-24-8-10-25(11-9-24)17-7-6-16(12-23-17)19(20,21)22/h2-7,12H,8-11,13H2,1H3/p+2. The van der Waals surface area contributed by atoms with Crippen molar-refractivity contribution in [1.82, 2.24) is 0 Å². The number of ether oxygens (including phenoxy) is 1. The molecule has 0 bridgehead atoms. The van der Waals surface area contributed by atoms with Crippen LogP contribution in [0.3, 0.4) is 0 Å². The highest BCUT2D eigenvalue weighted by atomic mass is 19.4. The Hall–Kier alpha value is -2.61. The van der Waals surface area contributed by atoms with Crippen molar-refractivity contribution in [3.63, 3.8) is 0 Å². The number of quaternary nitrogens is 1. The number of rotatable bonds is 4. The van der Waals surface area contributed by atoms with Gasteiger partial charge < -0.3 is 9.64 Å². The smallest absolute Gasteiger partial charge is 0.419 e. The van der Waals surface area contributed by atoms with Crippen molar-refractivity contribution in [2.45, 2.75) is 12.7 Å². The first-order chi connectivity index (χ1) is 12.9. The van der Waals surface area contributed by atoms with Gasteiger partial charge in [0.25, 0.3) is 5.82 Å². The quantitative estimate of drug-likeness (QED) is 0.810. The number of nitrogens with one attached hydrogen (secondary N) is 2. The van der Waals surface area contributed by atoms with E-state index in [4.69, 9.17) is 4.74 Å². The van der Waals surface area contributed by atoms with Crippen LogP contribution in [0.5, 0.6) is 0 Å². The summed E-state index contributed by atoms with van der Waals surface area (Å²) in [5.74, 6) is 0.347. The van der Waals surface area contributed by atoms with Gasteiger partial charge in [-0.2, -0.15) is 13.2 Å². The topological polar surface area (TPSA) is 48.1 Å². The summed E-state index contributed by atoms with van der Waals surface area (Å²) in [5, 5.41) is 0. The van der Waals surface area contributed by atoms with Crippen molar-refractivity contribution in [2.24, 2.45) is 0 Å². The molecule has 0 aliphatic carbocycles. The van der Waals surface area contributed by atoms with Crippen molar-refractivity contribution in [3.8, 4) is 0 Å². The number of halogens is 3. The van der Waals surface area contributed by atoms with Gasteiger partial charge in [0, 0.05) is 11.6 Å². The van der Waals surface area contributed by atoms with Crippen LogP contribution in [-0.4, -0.2) is 39.3 Å². The van der Waals surface area contributed by atoms with Gasteiger partial charge in [0.2, 0.25) is 0 Å². The Balaban J connectivity index is 1.53. The van der Waals surface area contributed by atoms with Crippen LogP contribution in [0.25, 0.3) is 0 Å². The van der Waals surface area contributed by atoms with Gasteiger partial charge >= 0.3 is 12.1 Å². The molecule has 0 amide bonds. The maximum absolute atomic E-state index is 12.6. The van der Waals surface area contributed by atoms with Gasteiger partial charge in [-0.3, -0.25) is 4.90 Å². The minimum absolute atomic E-state index is 0.352. The number of H-pyrrole nitrogens is 1. The molecule has 0 radical (unpaired) electrons. The molecule has 0 atom stereocenters. The van der Waals surface area contributed by atoms with E-state index in [1.807, 2.05) is 12.1 Å². The highest BCUT2D eigenvalue weighted by Gasteiger charge is 2.33. The van der Waals surface area contributed by atoms with Crippen LogP contribution in [0.4, 0.5) is 19.0 Å². The molecule has 1 aliphatic rings. The Kier molecular flexibility index (Phi) is 5.65. The molecular weight excluding hydrogens is 359 g/mol. The van der Waals surface area contributed by atoms with E-state index in [1.165, 1.54) is 18.1 Å². The molecule has 3 rings (SSSR count). The van der Waals surface area contributed by atoms with E-state index in [9.17, 15) is 18.0 Å². The highest BCUT2D eigenvalue weighted by molar-refractivity contribution is 5.89. The largest absolute Gasteiger partial charge is 0.465 e. The van der Waals surface area contributed by atoms with Gasteiger partial charge in [0.1, 0.15) is 38.9 Å². The molecule has 1 aromatic heterocycles. The number of methoxy groups -OCH3 is 1. The normalized spacial score (nSPS) is 15.6. The molecule has 8 heteroatoms. The molecule has 0 saturated carbocycles. The third-order valence-corrected chi connectivity index (χ3v) is 4.76. The summed E-state index contributed by atoms with van der Waals surface area (Å²) in [7, 11) is 1.36. The average molecular weight is 381 g/mol. The van der Waals surface area contributed by atoms with Crippen molar-refractivity contribution < 1.29 is 32.6 Å². The minimum Gasteiger partial charge on any atom is -0.465 e. The van der Waals surface area contributed by atoms with Crippen LogP contribution in [0, 0.1) is 0 Å². The first-order valence-corrected chi connectivity index (χ1v) is 8.71. The van der Waals surface area contributed by atoms with Crippen molar-refractivity contribution in [3.05, 3.63) is 59.3 Å². The van der Waals surface area contributed by atoms with E-state index in [0.29, 0.717) is 11.4 Å². The lowest BCUT2D eigenvalue weighted by atomic mass is 10.1. The molecule has 0 unspecified atom stereocenters. The van der Waals surface area contributed by atoms with Crippen molar-refractivity contribution >= 4 is 11.8 Å². The number of anilines is 1. The molecule has 144 valence electrons. The fourth-order valence-electron chi connectivity index (χ4n) is 3.20. The zero-order valence-electron chi connectivity index (χ0n) is 15.0. The zero-order valence-corrected chi connectivity index (χ0v) is 15.0. The number of carbonyl (C=O) groups excluding carboxylic acids is 1. The number of carbonyl (C=O) groups is 1. The van der Waals surface area contributed by atoms with Gasteiger partial charge in [-0.15, -0.1) is 0 Å². The van der Waals surface area contributed by atoms with Crippen LogP contribution in [-0.2, 0) is 17.5 Å². The summed E-state index contributed by atoms with van der Waals surface area (Å²) in [4.78, 5) is 17.7.